The molecule has 0 amide bonds. The minimum atomic E-state index is -4.29. The number of hydrogen-bond acceptors (Lipinski definition) is 3. The topological polar surface area (TPSA) is 42.1 Å². The molecule has 0 saturated heterocycles. The number of pyridine rings is 1. The van der Waals surface area contributed by atoms with Gasteiger partial charge in [0, 0.05) is 6.04 Å². The normalized spacial score (nSPS) is 11.7. The van der Waals surface area contributed by atoms with Crippen molar-refractivity contribution in [3.8, 4) is 0 Å². The quantitative estimate of drug-likeness (QED) is 0.859. The summed E-state index contributed by atoms with van der Waals surface area (Å²) in [6, 6.07) is 4.33. The summed E-state index contributed by atoms with van der Waals surface area (Å²) in [6.07, 6.45) is -4.29. The van der Waals surface area contributed by atoms with Crippen molar-refractivity contribution in [3.63, 3.8) is 0 Å². The van der Waals surface area contributed by atoms with Crippen molar-refractivity contribution in [2.45, 2.75) is 26.1 Å². The summed E-state index contributed by atoms with van der Waals surface area (Å²) in [6.45, 7) is 2.28. The van der Waals surface area contributed by atoms with Gasteiger partial charge >= 0.3 is 6.18 Å². The number of aromatic nitrogens is 1. The third-order valence-electron chi connectivity index (χ3n) is 2.25. The Labute approximate surface area is 109 Å². The van der Waals surface area contributed by atoms with Crippen LogP contribution in [0.5, 0.6) is 0 Å². The van der Waals surface area contributed by atoms with Gasteiger partial charge in [0.05, 0.1) is 5.69 Å². The lowest BCUT2D eigenvalue weighted by Crippen LogP contribution is -2.39. The Hall–Kier alpha value is -1.37. The molecule has 0 aliphatic carbocycles. The fraction of sp³-hybridized carbons (Fsp3) is 0.455. The molecule has 0 aromatic carbocycles. The zero-order valence-electron chi connectivity index (χ0n) is 10.0. The summed E-state index contributed by atoms with van der Waals surface area (Å²) in [7, 11) is 0. The first-order valence-electron chi connectivity index (χ1n) is 5.31. The highest BCUT2D eigenvalue weighted by molar-refractivity contribution is 7.80. The maximum absolute atomic E-state index is 12.5. The van der Waals surface area contributed by atoms with Crippen molar-refractivity contribution in [1.82, 2.24) is 4.98 Å². The number of thiocarbonyl (C=S) groups is 1. The molecule has 0 bridgehead atoms. The lowest BCUT2D eigenvalue weighted by atomic mass is 10.2. The van der Waals surface area contributed by atoms with Gasteiger partial charge in [0.1, 0.15) is 17.4 Å². The molecule has 7 heteroatoms. The Kier molecular flexibility index (Phi) is 4.50. The fourth-order valence-electron chi connectivity index (χ4n) is 1.44. The molecular formula is C11H14F3N3S. The van der Waals surface area contributed by atoms with Crippen LogP contribution < -0.4 is 10.6 Å². The average molecular weight is 277 g/mol. The van der Waals surface area contributed by atoms with Crippen LogP contribution >= 0.6 is 12.2 Å². The Morgan fingerprint density at radius 3 is 2.50 bits per heavy atom. The molecule has 2 N–H and O–H groups in total. The number of nitrogens with two attached hydrogens (primary N) is 1. The van der Waals surface area contributed by atoms with E-state index in [0.717, 1.165) is 4.90 Å². The lowest BCUT2D eigenvalue weighted by molar-refractivity contribution is -0.120. The van der Waals surface area contributed by atoms with E-state index in [9.17, 15) is 13.2 Å². The number of anilines is 1. The first-order chi connectivity index (χ1) is 8.20. The van der Waals surface area contributed by atoms with Crippen LogP contribution in [-0.2, 0) is 0 Å². The van der Waals surface area contributed by atoms with Gasteiger partial charge in [-0.3, -0.25) is 0 Å². The SMILES string of the molecule is CC(C)N(CC(F)(F)F)c1cccc(C(N)=S)n1. The van der Waals surface area contributed by atoms with E-state index >= 15 is 0 Å². The third-order valence-corrected chi connectivity index (χ3v) is 2.46. The van der Waals surface area contributed by atoms with Crippen molar-refractivity contribution in [3.05, 3.63) is 23.9 Å². The van der Waals surface area contributed by atoms with E-state index in [0.29, 0.717) is 5.69 Å². The molecule has 0 aliphatic heterocycles. The molecule has 3 nitrogen and oxygen atoms in total. The highest BCUT2D eigenvalue weighted by atomic mass is 32.1. The Morgan fingerprint density at radius 2 is 2.06 bits per heavy atom. The van der Waals surface area contributed by atoms with Crippen LogP contribution in [-0.4, -0.2) is 28.7 Å². The summed E-state index contributed by atoms with van der Waals surface area (Å²) in [5.41, 5.74) is 5.73. The van der Waals surface area contributed by atoms with E-state index in [2.05, 4.69) is 4.98 Å². The third kappa shape index (κ3) is 4.14. The highest BCUT2D eigenvalue weighted by Crippen LogP contribution is 2.22. The van der Waals surface area contributed by atoms with E-state index in [4.69, 9.17) is 18.0 Å². The molecule has 0 fully saturated rings. The number of nitrogens with zero attached hydrogens (tertiary/aromatic N) is 2. The summed E-state index contributed by atoms with van der Waals surface area (Å²) in [4.78, 5) is 5.25. The minimum absolute atomic E-state index is 0.0626. The fourth-order valence-corrected chi connectivity index (χ4v) is 1.56. The Morgan fingerprint density at radius 1 is 1.44 bits per heavy atom. The summed E-state index contributed by atoms with van der Waals surface area (Å²) in [5, 5.41) is 0. The van der Waals surface area contributed by atoms with Gasteiger partial charge in [-0.05, 0) is 26.0 Å². The number of halogens is 3. The van der Waals surface area contributed by atoms with E-state index < -0.39 is 12.7 Å². The van der Waals surface area contributed by atoms with Gasteiger partial charge in [-0.15, -0.1) is 0 Å². The maximum Gasteiger partial charge on any atom is 0.405 e. The van der Waals surface area contributed by atoms with E-state index in [1.165, 1.54) is 6.07 Å². The molecule has 0 saturated carbocycles. The predicted octanol–water partition coefficient (Wildman–Crippen LogP) is 2.49. The van der Waals surface area contributed by atoms with Crippen molar-refractivity contribution in [2.75, 3.05) is 11.4 Å². The van der Waals surface area contributed by atoms with Gasteiger partial charge in [-0.1, -0.05) is 18.3 Å². The minimum Gasteiger partial charge on any atom is -0.388 e. The molecule has 1 aromatic rings. The predicted molar refractivity (Wildman–Crippen MR) is 68.7 cm³/mol. The van der Waals surface area contributed by atoms with E-state index in [1.54, 1.807) is 26.0 Å². The molecule has 0 aliphatic rings. The standard InChI is InChI=1S/C11H14F3N3S/c1-7(2)17(6-11(12,13)14)9-5-3-4-8(16-9)10(15)18/h3-5,7H,6H2,1-2H3,(H2,15,18). The highest BCUT2D eigenvalue weighted by Gasteiger charge is 2.32. The molecule has 0 atom stereocenters. The van der Waals surface area contributed by atoms with Crippen LogP contribution in [0.1, 0.15) is 19.5 Å². The van der Waals surface area contributed by atoms with Gasteiger partial charge in [0.25, 0.3) is 0 Å². The van der Waals surface area contributed by atoms with Gasteiger partial charge in [-0.2, -0.15) is 13.2 Å². The summed E-state index contributed by atoms with van der Waals surface area (Å²) >= 11 is 4.76. The maximum atomic E-state index is 12.5. The van der Waals surface area contributed by atoms with Crippen LogP contribution in [0.4, 0.5) is 19.0 Å². The van der Waals surface area contributed by atoms with E-state index in [-0.39, 0.29) is 16.8 Å². The van der Waals surface area contributed by atoms with Crippen LogP contribution in [0.25, 0.3) is 0 Å². The van der Waals surface area contributed by atoms with Crippen LogP contribution in [0.15, 0.2) is 18.2 Å². The summed E-state index contributed by atoms with van der Waals surface area (Å²) in [5.74, 6) is 0.215. The monoisotopic (exact) mass is 277 g/mol. The first kappa shape index (κ1) is 14.7. The average Bonchev–Trinajstić information content (AvgIpc) is 2.24. The molecule has 0 unspecified atom stereocenters. The number of alkyl halides is 3. The molecule has 1 heterocycles. The van der Waals surface area contributed by atoms with Crippen molar-refractivity contribution >= 4 is 23.0 Å². The second kappa shape index (κ2) is 5.51. The Balaban J connectivity index is 3.06. The lowest BCUT2D eigenvalue weighted by Gasteiger charge is -2.29. The van der Waals surface area contributed by atoms with Gasteiger partial charge in [-0.25, -0.2) is 4.98 Å². The largest absolute Gasteiger partial charge is 0.405 e. The van der Waals surface area contributed by atoms with Gasteiger partial charge < -0.3 is 10.6 Å². The molecule has 0 spiro atoms. The molecule has 100 valence electrons. The zero-order valence-corrected chi connectivity index (χ0v) is 10.8. The summed E-state index contributed by atoms with van der Waals surface area (Å²) < 4.78 is 37.5. The zero-order chi connectivity index (χ0) is 13.9. The van der Waals surface area contributed by atoms with Crippen LogP contribution in [0, 0.1) is 0 Å². The van der Waals surface area contributed by atoms with Crippen molar-refractivity contribution in [2.24, 2.45) is 5.73 Å². The van der Waals surface area contributed by atoms with Crippen molar-refractivity contribution < 1.29 is 13.2 Å². The van der Waals surface area contributed by atoms with Gasteiger partial charge in [0.15, 0.2) is 0 Å². The molecule has 18 heavy (non-hydrogen) atoms. The van der Waals surface area contributed by atoms with Crippen LogP contribution in [0.3, 0.4) is 0 Å². The first-order valence-corrected chi connectivity index (χ1v) is 5.72. The Bertz CT molecular complexity index is 432. The second-order valence-electron chi connectivity index (χ2n) is 4.08. The number of hydrogen-bond donors (Lipinski definition) is 1. The molecule has 1 rings (SSSR count). The molecule has 0 radical (unpaired) electrons. The molecule has 1 aromatic heterocycles. The number of rotatable bonds is 4. The van der Waals surface area contributed by atoms with Crippen molar-refractivity contribution in [1.29, 1.82) is 0 Å². The van der Waals surface area contributed by atoms with Gasteiger partial charge in [0.2, 0.25) is 0 Å². The smallest absolute Gasteiger partial charge is 0.388 e. The molecular weight excluding hydrogens is 263 g/mol. The van der Waals surface area contributed by atoms with Crippen LogP contribution in [0.2, 0.25) is 0 Å². The van der Waals surface area contributed by atoms with E-state index in [1.807, 2.05) is 0 Å². The second-order valence-corrected chi connectivity index (χ2v) is 4.52.